The van der Waals surface area contributed by atoms with Crippen LogP contribution in [-0.2, 0) is 0 Å². The normalized spacial score (nSPS) is 11.7. The largest absolute Gasteiger partial charge is 0.379 e. The molecule has 0 aliphatic heterocycles. The van der Waals surface area contributed by atoms with Gasteiger partial charge in [-0.05, 0) is 23.5 Å². The predicted molar refractivity (Wildman–Crippen MR) is 75.2 cm³/mol. The first-order chi connectivity index (χ1) is 8.24. The van der Waals surface area contributed by atoms with Crippen LogP contribution >= 0.6 is 11.6 Å². The second-order valence-corrected chi connectivity index (χ2v) is 5.85. The standard InChI is InChI=1S/C13H19ClN2O2/c1-9(2)13(3,4)8-15-11-6-5-10(14)7-12(11)16(17)18/h5-7,9,15H,8H2,1-4H3. The van der Waals surface area contributed by atoms with Crippen molar-refractivity contribution in [2.75, 3.05) is 11.9 Å². The van der Waals surface area contributed by atoms with Gasteiger partial charge in [0.15, 0.2) is 0 Å². The van der Waals surface area contributed by atoms with Crippen molar-refractivity contribution in [1.82, 2.24) is 0 Å². The highest BCUT2D eigenvalue weighted by Crippen LogP contribution is 2.31. The number of nitrogens with one attached hydrogen (secondary N) is 1. The Balaban J connectivity index is 2.89. The molecule has 0 saturated heterocycles. The zero-order valence-electron chi connectivity index (χ0n) is 11.2. The zero-order chi connectivity index (χ0) is 13.9. The molecule has 1 N–H and O–H groups in total. The molecular weight excluding hydrogens is 252 g/mol. The maximum absolute atomic E-state index is 10.9. The van der Waals surface area contributed by atoms with Crippen LogP contribution in [0.15, 0.2) is 18.2 Å². The summed E-state index contributed by atoms with van der Waals surface area (Å²) in [6.45, 7) is 9.21. The van der Waals surface area contributed by atoms with Crippen LogP contribution in [0, 0.1) is 21.4 Å². The molecule has 5 heteroatoms. The van der Waals surface area contributed by atoms with Gasteiger partial charge in [0.2, 0.25) is 0 Å². The quantitative estimate of drug-likeness (QED) is 0.639. The van der Waals surface area contributed by atoms with Crippen LogP contribution in [0.3, 0.4) is 0 Å². The number of nitrogens with zero attached hydrogens (tertiary/aromatic N) is 1. The van der Waals surface area contributed by atoms with Crippen molar-refractivity contribution in [3.63, 3.8) is 0 Å². The molecule has 0 bridgehead atoms. The molecule has 0 heterocycles. The molecule has 0 fully saturated rings. The van der Waals surface area contributed by atoms with Crippen LogP contribution in [-0.4, -0.2) is 11.5 Å². The van der Waals surface area contributed by atoms with Gasteiger partial charge in [-0.3, -0.25) is 10.1 Å². The summed E-state index contributed by atoms with van der Waals surface area (Å²) in [6, 6.07) is 4.67. The summed E-state index contributed by atoms with van der Waals surface area (Å²) in [5.41, 5.74) is 0.591. The molecule has 1 aromatic carbocycles. The Kier molecular flexibility index (Phi) is 4.57. The highest BCUT2D eigenvalue weighted by atomic mass is 35.5. The van der Waals surface area contributed by atoms with E-state index in [9.17, 15) is 10.1 Å². The van der Waals surface area contributed by atoms with Gasteiger partial charge in [0.05, 0.1) is 4.92 Å². The Morgan fingerprint density at radius 3 is 2.56 bits per heavy atom. The van der Waals surface area contributed by atoms with Gasteiger partial charge < -0.3 is 5.32 Å². The van der Waals surface area contributed by atoms with Gasteiger partial charge in [-0.2, -0.15) is 0 Å². The van der Waals surface area contributed by atoms with Gasteiger partial charge in [-0.25, -0.2) is 0 Å². The highest BCUT2D eigenvalue weighted by molar-refractivity contribution is 6.30. The molecule has 0 saturated carbocycles. The third kappa shape index (κ3) is 3.60. The third-order valence-electron chi connectivity index (χ3n) is 3.45. The predicted octanol–water partition coefficient (Wildman–Crippen LogP) is 4.34. The van der Waals surface area contributed by atoms with Crippen LogP contribution in [0.2, 0.25) is 5.02 Å². The van der Waals surface area contributed by atoms with E-state index in [-0.39, 0.29) is 11.1 Å². The van der Waals surface area contributed by atoms with Crippen molar-refractivity contribution in [2.24, 2.45) is 11.3 Å². The smallest absolute Gasteiger partial charge is 0.293 e. The van der Waals surface area contributed by atoms with E-state index in [2.05, 4.69) is 33.0 Å². The third-order valence-corrected chi connectivity index (χ3v) is 3.69. The molecule has 4 nitrogen and oxygen atoms in total. The average molecular weight is 271 g/mol. The molecule has 0 aliphatic rings. The number of anilines is 1. The van der Waals surface area contributed by atoms with Gasteiger partial charge in [-0.15, -0.1) is 0 Å². The van der Waals surface area contributed by atoms with E-state index in [1.54, 1.807) is 12.1 Å². The van der Waals surface area contributed by atoms with Gasteiger partial charge in [0.1, 0.15) is 5.69 Å². The van der Waals surface area contributed by atoms with Crippen LogP contribution in [0.25, 0.3) is 0 Å². The minimum Gasteiger partial charge on any atom is -0.379 e. The monoisotopic (exact) mass is 270 g/mol. The molecule has 100 valence electrons. The van der Waals surface area contributed by atoms with E-state index in [1.807, 2.05) is 0 Å². The fourth-order valence-corrected chi connectivity index (χ4v) is 1.50. The summed E-state index contributed by atoms with van der Waals surface area (Å²) in [5.74, 6) is 0.483. The number of nitro groups is 1. The Morgan fingerprint density at radius 2 is 2.06 bits per heavy atom. The van der Waals surface area contributed by atoms with Crippen molar-refractivity contribution in [3.05, 3.63) is 33.3 Å². The summed E-state index contributed by atoms with van der Waals surface area (Å²) in [7, 11) is 0. The van der Waals surface area contributed by atoms with Gasteiger partial charge >= 0.3 is 0 Å². The molecule has 0 unspecified atom stereocenters. The van der Waals surface area contributed by atoms with Gasteiger partial charge in [-0.1, -0.05) is 39.3 Å². The van der Waals surface area contributed by atoms with E-state index < -0.39 is 4.92 Å². The van der Waals surface area contributed by atoms with Crippen LogP contribution in [0.1, 0.15) is 27.7 Å². The van der Waals surface area contributed by atoms with Crippen molar-refractivity contribution >= 4 is 23.0 Å². The van der Waals surface area contributed by atoms with E-state index in [0.29, 0.717) is 23.2 Å². The van der Waals surface area contributed by atoms with E-state index in [1.165, 1.54) is 6.07 Å². The number of hydrogen-bond donors (Lipinski definition) is 1. The number of hydrogen-bond acceptors (Lipinski definition) is 3. The molecule has 1 aromatic rings. The first-order valence-electron chi connectivity index (χ1n) is 5.92. The maximum atomic E-state index is 10.9. The molecule has 0 aliphatic carbocycles. The lowest BCUT2D eigenvalue weighted by Crippen LogP contribution is -2.28. The van der Waals surface area contributed by atoms with Crippen molar-refractivity contribution in [3.8, 4) is 0 Å². The average Bonchev–Trinajstić information content (AvgIpc) is 2.27. The summed E-state index contributed by atoms with van der Waals surface area (Å²) < 4.78 is 0. The fraction of sp³-hybridized carbons (Fsp3) is 0.538. The molecule has 0 radical (unpaired) electrons. The summed E-state index contributed by atoms with van der Waals surface area (Å²) in [5, 5.41) is 14.5. The summed E-state index contributed by atoms with van der Waals surface area (Å²) in [6.07, 6.45) is 0. The Bertz CT molecular complexity index is 445. The molecule has 0 amide bonds. The molecule has 1 rings (SSSR count). The lowest BCUT2D eigenvalue weighted by molar-refractivity contribution is -0.383. The van der Waals surface area contributed by atoms with E-state index >= 15 is 0 Å². The van der Waals surface area contributed by atoms with Crippen molar-refractivity contribution in [1.29, 1.82) is 0 Å². The summed E-state index contributed by atoms with van der Waals surface area (Å²) >= 11 is 5.77. The minimum atomic E-state index is -0.420. The van der Waals surface area contributed by atoms with Crippen LogP contribution in [0.5, 0.6) is 0 Å². The summed E-state index contributed by atoms with van der Waals surface area (Å²) in [4.78, 5) is 10.5. The Labute approximate surface area is 112 Å². The van der Waals surface area contributed by atoms with E-state index in [4.69, 9.17) is 11.6 Å². The topological polar surface area (TPSA) is 55.2 Å². The maximum Gasteiger partial charge on any atom is 0.293 e. The molecular formula is C13H19ClN2O2. The number of benzene rings is 1. The SMILES string of the molecule is CC(C)C(C)(C)CNc1ccc(Cl)cc1[N+](=O)[O-]. The van der Waals surface area contributed by atoms with Crippen LogP contribution < -0.4 is 5.32 Å². The Morgan fingerprint density at radius 1 is 1.44 bits per heavy atom. The lowest BCUT2D eigenvalue weighted by Gasteiger charge is -2.29. The molecule has 18 heavy (non-hydrogen) atoms. The van der Waals surface area contributed by atoms with Crippen LogP contribution in [0.4, 0.5) is 11.4 Å². The molecule has 0 atom stereocenters. The highest BCUT2D eigenvalue weighted by Gasteiger charge is 2.23. The number of halogens is 1. The number of nitro benzene ring substituents is 1. The first-order valence-corrected chi connectivity index (χ1v) is 6.29. The Hall–Kier alpha value is -1.29. The fourth-order valence-electron chi connectivity index (χ4n) is 1.33. The minimum absolute atomic E-state index is 0.0158. The lowest BCUT2D eigenvalue weighted by atomic mass is 9.81. The van der Waals surface area contributed by atoms with Gasteiger partial charge in [0, 0.05) is 17.6 Å². The zero-order valence-corrected chi connectivity index (χ0v) is 11.9. The van der Waals surface area contributed by atoms with E-state index in [0.717, 1.165) is 0 Å². The first kappa shape index (κ1) is 14.8. The van der Waals surface area contributed by atoms with Crippen molar-refractivity contribution in [2.45, 2.75) is 27.7 Å². The second-order valence-electron chi connectivity index (χ2n) is 5.42. The molecule has 0 spiro atoms. The molecule has 0 aromatic heterocycles. The number of rotatable bonds is 5. The second kappa shape index (κ2) is 5.57. The van der Waals surface area contributed by atoms with Crippen molar-refractivity contribution < 1.29 is 4.92 Å². The van der Waals surface area contributed by atoms with Gasteiger partial charge in [0.25, 0.3) is 5.69 Å².